The summed E-state index contributed by atoms with van der Waals surface area (Å²) in [5.41, 5.74) is 0. The van der Waals surface area contributed by atoms with Crippen molar-refractivity contribution in [3.8, 4) is 0 Å². The molecule has 0 saturated heterocycles. The lowest BCUT2D eigenvalue weighted by Gasteiger charge is -2.09. The number of rotatable bonds is 7. The first-order valence-corrected chi connectivity index (χ1v) is 7.25. The molecule has 0 aliphatic rings. The molecule has 0 saturated carbocycles. The van der Waals surface area contributed by atoms with Crippen LogP contribution in [0.1, 0.15) is 36.7 Å². The lowest BCUT2D eigenvalue weighted by molar-refractivity contribution is 0.0939. The summed E-state index contributed by atoms with van der Waals surface area (Å²) in [6.07, 6.45) is 3.87. The van der Waals surface area contributed by atoms with E-state index in [0.717, 1.165) is 24.4 Å². The van der Waals surface area contributed by atoms with Gasteiger partial charge in [-0.2, -0.15) is 11.8 Å². The molecule has 1 unspecified atom stereocenters. The monoisotopic (exact) mass is 256 g/mol. The number of aromatic nitrogens is 3. The van der Waals surface area contributed by atoms with Gasteiger partial charge in [-0.15, -0.1) is 5.10 Å². The van der Waals surface area contributed by atoms with E-state index in [1.807, 2.05) is 0 Å². The molecule has 96 valence electrons. The third-order valence-corrected chi connectivity index (χ3v) is 3.19. The summed E-state index contributed by atoms with van der Waals surface area (Å²) < 4.78 is 0. The molecule has 1 aromatic rings. The highest BCUT2D eigenvalue weighted by atomic mass is 32.2. The van der Waals surface area contributed by atoms with Crippen LogP contribution in [-0.4, -0.2) is 39.6 Å². The normalized spacial score (nSPS) is 12.4. The number of H-pyrrole nitrogens is 1. The Morgan fingerprint density at radius 1 is 1.59 bits per heavy atom. The van der Waals surface area contributed by atoms with Crippen LogP contribution in [0, 0.1) is 5.92 Å². The van der Waals surface area contributed by atoms with E-state index in [1.165, 1.54) is 0 Å². The van der Waals surface area contributed by atoms with Crippen molar-refractivity contribution in [2.75, 3.05) is 18.6 Å². The Morgan fingerprint density at radius 2 is 2.35 bits per heavy atom. The summed E-state index contributed by atoms with van der Waals surface area (Å²) in [5, 5.41) is 9.52. The Hall–Kier alpha value is -1.04. The number of hydrogen-bond donors (Lipinski definition) is 2. The van der Waals surface area contributed by atoms with E-state index in [0.29, 0.717) is 12.5 Å². The molecule has 1 atom stereocenters. The fourth-order valence-electron chi connectivity index (χ4n) is 1.43. The molecule has 0 aliphatic heterocycles. The molecule has 0 spiro atoms. The van der Waals surface area contributed by atoms with E-state index in [9.17, 15) is 4.79 Å². The van der Waals surface area contributed by atoms with Gasteiger partial charge in [0.25, 0.3) is 5.91 Å². The third-order valence-electron chi connectivity index (χ3n) is 2.28. The number of carbonyl (C=O) groups is 1. The largest absolute Gasteiger partial charge is 0.349 e. The number of amides is 1. The van der Waals surface area contributed by atoms with Crippen molar-refractivity contribution in [2.45, 2.75) is 26.7 Å². The number of nitrogens with one attached hydrogen (secondary N) is 2. The molecular weight excluding hydrogens is 236 g/mol. The van der Waals surface area contributed by atoms with Gasteiger partial charge in [-0.1, -0.05) is 13.8 Å². The standard InChI is InChI=1S/C11H20N4OS/c1-4-5-9-13-10(15-14-9)11(16)12-6-8(2)7-17-3/h8H,4-7H2,1-3H3,(H,12,16)(H,13,14,15). The highest BCUT2D eigenvalue weighted by Crippen LogP contribution is 2.03. The van der Waals surface area contributed by atoms with Gasteiger partial charge in [0.2, 0.25) is 5.82 Å². The highest BCUT2D eigenvalue weighted by Gasteiger charge is 2.12. The molecule has 2 N–H and O–H groups in total. The first-order valence-electron chi connectivity index (χ1n) is 5.85. The van der Waals surface area contributed by atoms with Crippen LogP contribution >= 0.6 is 11.8 Å². The zero-order valence-electron chi connectivity index (χ0n) is 10.6. The zero-order chi connectivity index (χ0) is 12.7. The minimum absolute atomic E-state index is 0.198. The van der Waals surface area contributed by atoms with Gasteiger partial charge in [0.15, 0.2) is 0 Å². The van der Waals surface area contributed by atoms with Gasteiger partial charge in [0.1, 0.15) is 5.82 Å². The van der Waals surface area contributed by atoms with Crippen LogP contribution in [0.4, 0.5) is 0 Å². The average molecular weight is 256 g/mol. The lowest BCUT2D eigenvalue weighted by Crippen LogP contribution is -2.29. The quantitative estimate of drug-likeness (QED) is 0.775. The van der Waals surface area contributed by atoms with Crippen LogP contribution in [0.5, 0.6) is 0 Å². The van der Waals surface area contributed by atoms with E-state index >= 15 is 0 Å². The second-order valence-corrected chi connectivity index (χ2v) is 5.04. The lowest BCUT2D eigenvalue weighted by atomic mass is 10.2. The molecule has 0 aliphatic carbocycles. The van der Waals surface area contributed by atoms with Gasteiger partial charge in [-0.3, -0.25) is 9.89 Å². The van der Waals surface area contributed by atoms with Crippen molar-refractivity contribution in [1.82, 2.24) is 20.5 Å². The minimum atomic E-state index is -0.198. The maximum atomic E-state index is 11.7. The van der Waals surface area contributed by atoms with Crippen LogP contribution < -0.4 is 5.32 Å². The second-order valence-electron chi connectivity index (χ2n) is 4.13. The van der Waals surface area contributed by atoms with Gasteiger partial charge >= 0.3 is 0 Å². The number of thioether (sulfide) groups is 1. The van der Waals surface area contributed by atoms with Gasteiger partial charge < -0.3 is 5.32 Å². The van der Waals surface area contributed by atoms with Gasteiger partial charge in [0, 0.05) is 13.0 Å². The summed E-state index contributed by atoms with van der Waals surface area (Å²) in [4.78, 5) is 15.8. The maximum absolute atomic E-state index is 11.7. The van der Waals surface area contributed by atoms with Gasteiger partial charge in [-0.25, -0.2) is 4.98 Å². The molecule has 0 radical (unpaired) electrons. The van der Waals surface area contributed by atoms with Crippen molar-refractivity contribution in [2.24, 2.45) is 5.92 Å². The van der Waals surface area contributed by atoms with E-state index in [2.05, 4.69) is 40.6 Å². The first-order chi connectivity index (χ1) is 8.17. The fraction of sp³-hybridized carbons (Fsp3) is 0.727. The van der Waals surface area contributed by atoms with Crippen molar-refractivity contribution in [3.05, 3.63) is 11.6 Å². The molecule has 1 amide bonds. The SMILES string of the molecule is CCCc1nc(C(=O)NCC(C)CSC)n[nH]1. The van der Waals surface area contributed by atoms with Gasteiger partial charge in [-0.05, 0) is 24.3 Å². The van der Waals surface area contributed by atoms with Crippen molar-refractivity contribution in [1.29, 1.82) is 0 Å². The molecule has 1 heterocycles. The van der Waals surface area contributed by atoms with Crippen LogP contribution in [0.25, 0.3) is 0 Å². The Labute approximate surface area is 106 Å². The third kappa shape index (κ3) is 4.77. The van der Waals surface area contributed by atoms with Gasteiger partial charge in [0.05, 0.1) is 0 Å². The average Bonchev–Trinajstić information content (AvgIpc) is 2.75. The summed E-state index contributed by atoms with van der Waals surface area (Å²) >= 11 is 1.78. The zero-order valence-corrected chi connectivity index (χ0v) is 11.4. The topological polar surface area (TPSA) is 70.7 Å². The molecule has 0 fully saturated rings. The number of nitrogens with zero attached hydrogens (tertiary/aromatic N) is 2. The molecule has 1 aromatic heterocycles. The predicted octanol–water partition coefficient (Wildman–Crippen LogP) is 1.49. The molecule has 0 aromatic carbocycles. The summed E-state index contributed by atoms with van der Waals surface area (Å²) in [6, 6.07) is 0. The Morgan fingerprint density at radius 3 is 3.00 bits per heavy atom. The molecule has 1 rings (SSSR count). The molecule has 0 bridgehead atoms. The summed E-state index contributed by atoms with van der Waals surface area (Å²) in [5.74, 6) is 2.31. The molecule has 5 nitrogen and oxygen atoms in total. The van der Waals surface area contributed by atoms with Crippen molar-refractivity contribution >= 4 is 17.7 Å². The minimum Gasteiger partial charge on any atom is -0.349 e. The van der Waals surface area contributed by atoms with E-state index in [1.54, 1.807) is 11.8 Å². The van der Waals surface area contributed by atoms with Crippen LogP contribution in [0.2, 0.25) is 0 Å². The summed E-state index contributed by atoms with van der Waals surface area (Å²) in [6.45, 7) is 4.83. The molecule has 17 heavy (non-hydrogen) atoms. The van der Waals surface area contributed by atoms with E-state index in [-0.39, 0.29) is 11.7 Å². The highest BCUT2D eigenvalue weighted by molar-refractivity contribution is 7.98. The number of aryl methyl sites for hydroxylation is 1. The molecular formula is C11H20N4OS. The molecule has 6 heteroatoms. The smallest absolute Gasteiger partial charge is 0.290 e. The van der Waals surface area contributed by atoms with E-state index < -0.39 is 0 Å². The van der Waals surface area contributed by atoms with Crippen LogP contribution in [0.3, 0.4) is 0 Å². The Balaban J connectivity index is 2.40. The Kier molecular flexibility index (Phi) is 6.04. The maximum Gasteiger partial charge on any atom is 0.290 e. The second kappa shape index (κ2) is 7.32. The number of carbonyl (C=O) groups excluding carboxylic acids is 1. The number of hydrogen-bond acceptors (Lipinski definition) is 4. The number of aromatic amines is 1. The Bertz CT molecular complexity index is 353. The van der Waals surface area contributed by atoms with Crippen LogP contribution in [-0.2, 0) is 6.42 Å². The first kappa shape index (κ1) is 14.0. The van der Waals surface area contributed by atoms with Crippen molar-refractivity contribution < 1.29 is 4.79 Å². The summed E-state index contributed by atoms with van der Waals surface area (Å²) in [7, 11) is 0. The van der Waals surface area contributed by atoms with Crippen molar-refractivity contribution in [3.63, 3.8) is 0 Å². The van der Waals surface area contributed by atoms with Crippen LogP contribution in [0.15, 0.2) is 0 Å². The predicted molar refractivity (Wildman–Crippen MR) is 70.3 cm³/mol. The van der Waals surface area contributed by atoms with E-state index in [4.69, 9.17) is 0 Å². The fourth-order valence-corrected chi connectivity index (χ4v) is 2.12.